The van der Waals surface area contributed by atoms with Crippen LogP contribution in [0.3, 0.4) is 0 Å². The Morgan fingerprint density at radius 3 is 2.81 bits per heavy atom. The molecule has 1 aliphatic rings. The van der Waals surface area contributed by atoms with Crippen LogP contribution in [0.1, 0.15) is 31.2 Å². The molecule has 0 radical (unpaired) electrons. The monoisotopic (exact) mass is 219 g/mol. The van der Waals surface area contributed by atoms with E-state index < -0.39 is 5.54 Å². The summed E-state index contributed by atoms with van der Waals surface area (Å²) >= 11 is 0. The molecule has 1 saturated carbocycles. The second-order valence-electron chi connectivity index (χ2n) is 4.54. The van der Waals surface area contributed by atoms with E-state index >= 15 is 0 Å². The van der Waals surface area contributed by atoms with Crippen LogP contribution in [0, 0.1) is 6.92 Å². The number of amides is 1. The summed E-state index contributed by atoms with van der Waals surface area (Å²) in [5.74, 6) is 0.477. The minimum absolute atomic E-state index is 0.108. The number of anilines is 1. The van der Waals surface area contributed by atoms with Gasteiger partial charge in [-0.25, -0.2) is 4.98 Å². The lowest BCUT2D eigenvalue weighted by atomic mass is 9.98. The molecule has 1 aromatic heterocycles. The molecule has 1 fully saturated rings. The first kappa shape index (κ1) is 11.1. The maximum Gasteiger partial charge on any atom is 0.245 e. The third kappa shape index (κ3) is 2.22. The van der Waals surface area contributed by atoms with Crippen molar-refractivity contribution >= 4 is 11.7 Å². The molecule has 0 atom stereocenters. The molecule has 16 heavy (non-hydrogen) atoms. The van der Waals surface area contributed by atoms with Gasteiger partial charge < -0.3 is 11.1 Å². The van der Waals surface area contributed by atoms with Gasteiger partial charge in [0.05, 0.1) is 5.54 Å². The minimum atomic E-state index is -0.689. The molecule has 0 aliphatic heterocycles. The number of nitrogens with one attached hydrogen (secondary N) is 1. The lowest BCUT2D eigenvalue weighted by Crippen LogP contribution is -2.48. The first-order chi connectivity index (χ1) is 7.60. The molecular weight excluding hydrogens is 202 g/mol. The number of nitrogens with two attached hydrogens (primary N) is 1. The van der Waals surface area contributed by atoms with Crippen LogP contribution in [-0.4, -0.2) is 16.4 Å². The summed E-state index contributed by atoms with van der Waals surface area (Å²) in [7, 11) is 0. The zero-order valence-electron chi connectivity index (χ0n) is 9.49. The summed E-state index contributed by atoms with van der Waals surface area (Å²) in [6.45, 7) is 1.96. The second-order valence-corrected chi connectivity index (χ2v) is 4.54. The number of hydrogen-bond acceptors (Lipinski definition) is 3. The summed E-state index contributed by atoms with van der Waals surface area (Å²) in [6, 6.07) is 3.74. The molecular formula is C12H17N3O. The molecule has 1 amide bonds. The zero-order valence-corrected chi connectivity index (χ0v) is 9.49. The van der Waals surface area contributed by atoms with Crippen molar-refractivity contribution in [2.24, 2.45) is 5.73 Å². The Morgan fingerprint density at radius 1 is 1.50 bits per heavy atom. The molecule has 86 valence electrons. The molecule has 0 unspecified atom stereocenters. The largest absolute Gasteiger partial charge is 0.317 e. The molecule has 0 aromatic carbocycles. The van der Waals surface area contributed by atoms with Crippen LogP contribution in [0.5, 0.6) is 0 Å². The van der Waals surface area contributed by atoms with Crippen molar-refractivity contribution in [3.05, 3.63) is 23.9 Å². The average molecular weight is 219 g/mol. The van der Waals surface area contributed by atoms with Gasteiger partial charge in [0, 0.05) is 6.20 Å². The summed E-state index contributed by atoms with van der Waals surface area (Å²) < 4.78 is 0. The number of aryl methyl sites for hydroxylation is 1. The van der Waals surface area contributed by atoms with Gasteiger partial charge in [-0.15, -0.1) is 0 Å². The Balaban J connectivity index is 2.07. The Morgan fingerprint density at radius 2 is 2.19 bits per heavy atom. The van der Waals surface area contributed by atoms with Crippen LogP contribution in [0.4, 0.5) is 5.82 Å². The van der Waals surface area contributed by atoms with Crippen molar-refractivity contribution in [2.75, 3.05) is 5.32 Å². The van der Waals surface area contributed by atoms with E-state index in [0.717, 1.165) is 31.2 Å². The number of rotatable bonds is 2. The van der Waals surface area contributed by atoms with Gasteiger partial charge >= 0.3 is 0 Å². The number of carbonyl (C=O) groups excluding carboxylic acids is 1. The number of carbonyl (C=O) groups is 1. The fraction of sp³-hybridized carbons (Fsp3) is 0.500. The Hall–Kier alpha value is -1.42. The highest BCUT2D eigenvalue weighted by Gasteiger charge is 2.37. The number of pyridine rings is 1. The molecule has 0 spiro atoms. The van der Waals surface area contributed by atoms with Crippen molar-refractivity contribution in [1.29, 1.82) is 0 Å². The number of hydrogen-bond donors (Lipinski definition) is 2. The van der Waals surface area contributed by atoms with Crippen LogP contribution >= 0.6 is 0 Å². The molecule has 1 aliphatic carbocycles. The van der Waals surface area contributed by atoms with E-state index in [0.29, 0.717) is 5.82 Å². The molecule has 4 heteroatoms. The Bertz CT molecular complexity index is 397. The molecule has 0 saturated heterocycles. The lowest BCUT2D eigenvalue weighted by molar-refractivity contribution is -0.121. The number of aromatic nitrogens is 1. The first-order valence-electron chi connectivity index (χ1n) is 5.63. The van der Waals surface area contributed by atoms with Crippen molar-refractivity contribution in [3.63, 3.8) is 0 Å². The first-order valence-corrected chi connectivity index (χ1v) is 5.63. The molecule has 1 heterocycles. The van der Waals surface area contributed by atoms with Crippen LogP contribution < -0.4 is 11.1 Å². The predicted octanol–water partition coefficient (Wildman–Crippen LogP) is 1.60. The SMILES string of the molecule is Cc1ccnc(NC(=O)C2(N)CCCC2)c1. The van der Waals surface area contributed by atoms with Gasteiger partial charge in [0.15, 0.2) is 0 Å². The van der Waals surface area contributed by atoms with E-state index in [4.69, 9.17) is 5.73 Å². The Kier molecular flexibility index (Phi) is 2.92. The van der Waals surface area contributed by atoms with Crippen molar-refractivity contribution < 1.29 is 4.79 Å². The molecule has 3 N–H and O–H groups in total. The van der Waals surface area contributed by atoms with E-state index in [9.17, 15) is 4.79 Å². The third-order valence-corrected chi connectivity index (χ3v) is 3.11. The molecule has 1 aromatic rings. The van der Waals surface area contributed by atoms with E-state index in [2.05, 4.69) is 10.3 Å². The Labute approximate surface area is 95.3 Å². The van der Waals surface area contributed by atoms with E-state index in [1.165, 1.54) is 0 Å². The normalized spacial score (nSPS) is 18.4. The predicted molar refractivity (Wildman–Crippen MR) is 63.0 cm³/mol. The van der Waals surface area contributed by atoms with E-state index in [1.807, 2.05) is 19.1 Å². The summed E-state index contributed by atoms with van der Waals surface area (Å²) in [5, 5.41) is 2.79. The third-order valence-electron chi connectivity index (χ3n) is 3.11. The quantitative estimate of drug-likeness (QED) is 0.793. The number of nitrogens with zero attached hydrogens (tertiary/aromatic N) is 1. The smallest absolute Gasteiger partial charge is 0.245 e. The summed E-state index contributed by atoms with van der Waals surface area (Å²) in [4.78, 5) is 16.1. The highest BCUT2D eigenvalue weighted by molar-refractivity contribution is 5.97. The summed E-state index contributed by atoms with van der Waals surface area (Å²) in [6.07, 6.45) is 5.29. The topological polar surface area (TPSA) is 68.0 Å². The van der Waals surface area contributed by atoms with E-state index in [-0.39, 0.29) is 5.91 Å². The van der Waals surface area contributed by atoms with Crippen molar-refractivity contribution in [2.45, 2.75) is 38.1 Å². The fourth-order valence-corrected chi connectivity index (χ4v) is 2.08. The van der Waals surface area contributed by atoms with Crippen LogP contribution in [-0.2, 0) is 4.79 Å². The van der Waals surface area contributed by atoms with Gasteiger partial charge in [0.2, 0.25) is 5.91 Å². The van der Waals surface area contributed by atoms with Gasteiger partial charge in [-0.2, -0.15) is 0 Å². The second kappa shape index (κ2) is 4.22. The van der Waals surface area contributed by atoms with Gasteiger partial charge in [0.25, 0.3) is 0 Å². The maximum atomic E-state index is 12.0. The highest BCUT2D eigenvalue weighted by Crippen LogP contribution is 2.28. The standard InChI is InChI=1S/C12H17N3O/c1-9-4-7-14-10(8-9)15-11(16)12(13)5-2-3-6-12/h4,7-8H,2-3,5-6,13H2,1H3,(H,14,15,16). The fourth-order valence-electron chi connectivity index (χ4n) is 2.08. The summed E-state index contributed by atoms with van der Waals surface area (Å²) in [5.41, 5.74) is 6.43. The van der Waals surface area contributed by atoms with Gasteiger partial charge in [0.1, 0.15) is 5.82 Å². The zero-order chi connectivity index (χ0) is 11.6. The maximum absolute atomic E-state index is 12.0. The van der Waals surface area contributed by atoms with Crippen LogP contribution in [0.2, 0.25) is 0 Å². The van der Waals surface area contributed by atoms with Crippen LogP contribution in [0.15, 0.2) is 18.3 Å². The van der Waals surface area contributed by atoms with Gasteiger partial charge in [-0.1, -0.05) is 12.8 Å². The molecule has 2 rings (SSSR count). The highest BCUT2D eigenvalue weighted by atomic mass is 16.2. The lowest BCUT2D eigenvalue weighted by Gasteiger charge is -2.21. The minimum Gasteiger partial charge on any atom is -0.317 e. The van der Waals surface area contributed by atoms with Crippen molar-refractivity contribution in [3.8, 4) is 0 Å². The van der Waals surface area contributed by atoms with Gasteiger partial charge in [-0.05, 0) is 37.5 Å². The molecule has 0 bridgehead atoms. The molecule has 4 nitrogen and oxygen atoms in total. The van der Waals surface area contributed by atoms with Crippen LogP contribution in [0.25, 0.3) is 0 Å². The van der Waals surface area contributed by atoms with Crippen molar-refractivity contribution in [1.82, 2.24) is 4.98 Å². The van der Waals surface area contributed by atoms with E-state index in [1.54, 1.807) is 6.20 Å². The average Bonchev–Trinajstić information content (AvgIpc) is 2.66. The van der Waals surface area contributed by atoms with Gasteiger partial charge in [-0.3, -0.25) is 4.79 Å².